The van der Waals surface area contributed by atoms with Crippen molar-refractivity contribution in [2.24, 2.45) is 0 Å². The quantitative estimate of drug-likeness (QED) is 0.632. The Labute approximate surface area is 169 Å². The first-order chi connectivity index (χ1) is 13.7. The van der Waals surface area contributed by atoms with Gasteiger partial charge in [-0.2, -0.15) is 0 Å². The molecular formula is C21H25N3O5. The Morgan fingerprint density at radius 3 is 2.21 bits per heavy atom. The van der Waals surface area contributed by atoms with Crippen molar-refractivity contribution >= 4 is 23.6 Å². The number of carboxylic acid groups (broad SMARTS) is 1. The van der Waals surface area contributed by atoms with E-state index in [-0.39, 0.29) is 18.0 Å². The number of hydrogen-bond donors (Lipinski definition) is 3. The van der Waals surface area contributed by atoms with Gasteiger partial charge in [0.15, 0.2) is 6.61 Å². The van der Waals surface area contributed by atoms with E-state index in [1.165, 1.54) is 0 Å². The SMILES string of the molecule is CC(C)NC(=O)Nc1ccc(C(=O)N(C)Cc2ccc(OCC(=O)O)cc2)cc1. The normalized spacial score (nSPS) is 10.3. The number of aliphatic carboxylic acids is 1. The van der Waals surface area contributed by atoms with E-state index in [9.17, 15) is 14.4 Å². The highest BCUT2D eigenvalue weighted by molar-refractivity contribution is 5.95. The fourth-order valence-electron chi connectivity index (χ4n) is 2.53. The molecule has 0 saturated carbocycles. The molecule has 0 saturated heterocycles. The summed E-state index contributed by atoms with van der Waals surface area (Å²) in [5, 5.41) is 14.1. The molecule has 0 aliphatic rings. The van der Waals surface area contributed by atoms with Gasteiger partial charge in [-0.1, -0.05) is 12.1 Å². The second-order valence-electron chi connectivity index (χ2n) is 6.82. The molecule has 0 spiro atoms. The van der Waals surface area contributed by atoms with E-state index >= 15 is 0 Å². The zero-order valence-electron chi connectivity index (χ0n) is 16.6. The number of nitrogens with one attached hydrogen (secondary N) is 2. The number of urea groups is 1. The van der Waals surface area contributed by atoms with Crippen molar-refractivity contribution in [1.82, 2.24) is 10.2 Å². The van der Waals surface area contributed by atoms with Crippen LogP contribution in [0.25, 0.3) is 0 Å². The van der Waals surface area contributed by atoms with Crippen LogP contribution >= 0.6 is 0 Å². The van der Waals surface area contributed by atoms with Crippen LogP contribution in [0.15, 0.2) is 48.5 Å². The molecule has 8 heteroatoms. The highest BCUT2D eigenvalue weighted by atomic mass is 16.5. The second-order valence-corrected chi connectivity index (χ2v) is 6.82. The van der Waals surface area contributed by atoms with Gasteiger partial charge >= 0.3 is 12.0 Å². The van der Waals surface area contributed by atoms with Gasteiger partial charge in [0.2, 0.25) is 0 Å². The van der Waals surface area contributed by atoms with Gasteiger partial charge in [0.05, 0.1) is 0 Å². The average Bonchev–Trinajstić information content (AvgIpc) is 2.66. The summed E-state index contributed by atoms with van der Waals surface area (Å²) in [7, 11) is 1.69. The maximum Gasteiger partial charge on any atom is 0.341 e. The Kier molecular flexibility index (Phi) is 7.59. The summed E-state index contributed by atoms with van der Waals surface area (Å²) in [5.74, 6) is -0.745. The van der Waals surface area contributed by atoms with Gasteiger partial charge in [0, 0.05) is 30.9 Å². The molecule has 0 unspecified atom stereocenters. The van der Waals surface area contributed by atoms with E-state index in [0.717, 1.165) is 5.56 Å². The zero-order chi connectivity index (χ0) is 21.4. The lowest BCUT2D eigenvalue weighted by Gasteiger charge is -2.18. The number of anilines is 1. The molecule has 2 rings (SSSR count). The van der Waals surface area contributed by atoms with Crippen LogP contribution in [0.3, 0.4) is 0 Å². The molecule has 3 N–H and O–H groups in total. The maximum atomic E-state index is 12.6. The van der Waals surface area contributed by atoms with Gasteiger partial charge in [-0.15, -0.1) is 0 Å². The Bertz CT molecular complexity index is 848. The van der Waals surface area contributed by atoms with Crippen LogP contribution < -0.4 is 15.4 Å². The van der Waals surface area contributed by atoms with E-state index in [4.69, 9.17) is 9.84 Å². The molecule has 0 heterocycles. The maximum absolute atomic E-state index is 12.6. The number of ether oxygens (including phenoxy) is 1. The van der Waals surface area contributed by atoms with Gasteiger partial charge < -0.3 is 25.4 Å². The van der Waals surface area contributed by atoms with Crippen molar-refractivity contribution < 1.29 is 24.2 Å². The predicted molar refractivity (Wildman–Crippen MR) is 109 cm³/mol. The Morgan fingerprint density at radius 1 is 1.03 bits per heavy atom. The topological polar surface area (TPSA) is 108 Å². The van der Waals surface area contributed by atoms with Gasteiger partial charge in [0.1, 0.15) is 5.75 Å². The number of rotatable bonds is 8. The second kappa shape index (κ2) is 10.1. The van der Waals surface area contributed by atoms with E-state index in [0.29, 0.717) is 23.5 Å². The molecule has 29 heavy (non-hydrogen) atoms. The molecule has 2 aromatic carbocycles. The first-order valence-electron chi connectivity index (χ1n) is 9.11. The molecule has 2 aromatic rings. The number of carboxylic acids is 1. The molecule has 0 bridgehead atoms. The molecule has 154 valence electrons. The Balaban J connectivity index is 1.92. The van der Waals surface area contributed by atoms with Crippen LogP contribution in [-0.2, 0) is 11.3 Å². The van der Waals surface area contributed by atoms with E-state index in [1.54, 1.807) is 60.5 Å². The molecule has 0 aromatic heterocycles. The van der Waals surface area contributed by atoms with E-state index in [1.807, 2.05) is 13.8 Å². The number of carbonyl (C=O) groups excluding carboxylic acids is 2. The third-order valence-electron chi connectivity index (χ3n) is 3.86. The summed E-state index contributed by atoms with van der Waals surface area (Å²) in [5.41, 5.74) is 1.98. The van der Waals surface area contributed by atoms with Crippen LogP contribution in [0, 0.1) is 0 Å². The van der Waals surface area contributed by atoms with Crippen LogP contribution in [0.5, 0.6) is 5.75 Å². The van der Waals surface area contributed by atoms with E-state index < -0.39 is 12.6 Å². The minimum atomic E-state index is -1.04. The van der Waals surface area contributed by atoms with Crippen molar-refractivity contribution in [3.63, 3.8) is 0 Å². The average molecular weight is 399 g/mol. The first-order valence-corrected chi connectivity index (χ1v) is 9.11. The van der Waals surface area contributed by atoms with Crippen molar-refractivity contribution in [3.05, 3.63) is 59.7 Å². The molecular weight excluding hydrogens is 374 g/mol. The standard InChI is InChI=1S/C21H25N3O5/c1-14(2)22-21(28)23-17-8-6-16(7-9-17)20(27)24(3)12-15-4-10-18(11-5-15)29-13-19(25)26/h4-11,14H,12-13H2,1-3H3,(H,25,26)(H2,22,23,28). The summed E-state index contributed by atoms with van der Waals surface area (Å²) in [6.07, 6.45) is 0. The minimum absolute atomic E-state index is 0.0299. The smallest absolute Gasteiger partial charge is 0.341 e. The third kappa shape index (κ3) is 7.17. The fourth-order valence-corrected chi connectivity index (χ4v) is 2.53. The first kappa shape index (κ1) is 21.7. The van der Waals surface area contributed by atoms with Gasteiger partial charge in [0.25, 0.3) is 5.91 Å². The fraction of sp³-hybridized carbons (Fsp3) is 0.286. The van der Waals surface area contributed by atoms with Gasteiger partial charge in [-0.25, -0.2) is 9.59 Å². The number of benzene rings is 2. The van der Waals surface area contributed by atoms with Crippen LogP contribution in [-0.4, -0.2) is 47.6 Å². The van der Waals surface area contributed by atoms with Crippen LogP contribution in [0.1, 0.15) is 29.8 Å². The summed E-state index contributed by atoms with van der Waals surface area (Å²) >= 11 is 0. The van der Waals surface area contributed by atoms with Crippen LogP contribution in [0.2, 0.25) is 0 Å². The van der Waals surface area contributed by atoms with Crippen molar-refractivity contribution in [3.8, 4) is 5.75 Å². The highest BCUT2D eigenvalue weighted by Gasteiger charge is 2.13. The molecule has 0 atom stereocenters. The van der Waals surface area contributed by atoms with E-state index in [2.05, 4.69) is 10.6 Å². The predicted octanol–water partition coefficient (Wildman–Crippen LogP) is 2.95. The van der Waals surface area contributed by atoms with Crippen molar-refractivity contribution in [1.29, 1.82) is 0 Å². The zero-order valence-corrected chi connectivity index (χ0v) is 16.6. The highest BCUT2D eigenvalue weighted by Crippen LogP contribution is 2.16. The van der Waals surface area contributed by atoms with Crippen molar-refractivity contribution in [2.45, 2.75) is 26.4 Å². The lowest BCUT2D eigenvalue weighted by molar-refractivity contribution is -0.139. The lowest BCUT2D eigenvalue weighted by atomic mass is 10.1. The Morgan fingerprint density at radius 2 is 1.66 bits per heavy atom. The third-order valence-corrected chi connectivity index (χ3v) is 3.86. The summed E-state index contributed by atoms with van der Waals surface area (Å²) in [4.78, 5) is 36.4. The Hall–Kier alpha value is -3.55. The summed E-state index contributed by atoms with van der Waals surface area (Å²) in [6.45, 7) is 3.72. The number of amides is 3. The number of hydrogen-bond acceptors (Lipinski definition) is 4. The van der Waals surface area contributed by atoms with Crippen molar-refractivity contribution in [2.75, 3.05) is 19.0 Å². The minimum Gasteiger partial charge on any atom is -0.482 e. The molecule has 0 radical (unpaired) electrons. The number of carbonyl (C=O) groups is 3. The summed E-state index contributed by atoms with van der Waals surface area (Å²) < 4.78 is 5.09. The molecule has 0 fully saturated rings. The number of nitrogens with zero attached hydrogens (tertiary/aromatic N) is 1. The monoisotopic (exact) mass is 399 g/mol. The summed E-state index contributed by atoms with van der Waals surface area (Å²) in [6, 6.07) is 13.3. The molecule has 0 aliphatic carbocycles. The largest absolute Gasteiger partial charge is 0.482 e. The molecule has 8 nitrogen and oxygen atoms in total. The molecule has 0 aliphatic heterocycles. The molecule has 3 amide bonds. The van der Waals surface area contributed by atoms with Crippen LogP contribution in [0.4, 0.5) is 10.5 Å². The lowest BCUT2D eigenvalue weighted by Crippen LogP contribution is -2.34. The van der Waals surface area contributed by atoms with Gasteiger partial charge in [-0.3, -0.25) is 4.79 Å². The van der Waals surface area contributed by atoms with Gasteiger partial charge in [-0.05, 0) is 55.8 Å².